The summed E-state index contributed by atoms with van der Waals surface area (Å²) in [6.45, 7) is 1.77. The fraction of sp³-hybridized carbons (Fsp3) is 0.500. The van der Waals surface area contributed by atoms with E-state index in [1.165, 1.54) is 5.56 Å². The van der Waals surface area contributed by atoms with Gasteiger partial charge in [0.25, 0.3) is 0 Å². The third-order valence-electron chi connectivity index (χ3n) is 3.31. The topological polar surface area (TPSA) is 32.3 Å². The molecule has 1 heterocycles. The zero-order valence-electron chi connectivity index (χ0n) is 10.4. The van der Waals surface area contributed by atoms with Gasteiger partial charge < -0.3 is 10.2 Å². The number of carbonyl (C=O) groups excluding carboxylic acids is 1. The van der Waals surface area contributed by atoms with E-state index in [9.17, 15) is 4.79 Å². The molecule has 0 radical (unpaired) electrons. The molecule has 1 aliphatic rings. The second-order valence-electron chi connectivity index (χ2n) is 4.64. The van der Waals surface area contributed by atoms with Gasteiger partial charge in [-0.05, 0) is 31.4 Å². The molecule has 1 saturated heterocycles. The standard InChI is InChI=1S/C14H20N2O/c1-16(14(17)13-8-5-10-15-13)11-9-12-6-3-2-4-7-12/h2-4,6-7,13,15H,5,8-11H2,1H3/t13-/m0/s1. The van der Waals surface area contributed by atoms with Gasteiger partial charge in [-0.2, -0.15) is 0 Å². The van der Waals surface area contributed by atoms with E-state index in [1.807, 2.05) is 30.1 Å². The third-order valence-corrected chi connectivity index (χ3v) is 3.31. The molecule has 1 amide bonds. The molecule has 2 rings (SSSR count). The van der Waals surface area contributed by atoms with Gasteiger partial charge in [-0.15, -0.1) is 0 Å². The average molecular weight is 232 g/mol. The molecule has 1 N–H and O–H groups in total. The summed E-state index contributed by atoms with van der Waals surface area (Å²) < 4.78 is 0. The molecule has 3 nitrogen and oxygen atoms in total. The molecule has 1 fully saturated rings. The molecular weight excluding hydrogens is 212 g/mol. The molecule has 1 aromatic carbocycles. The Hall–Kier alpha value is -1.35. The van der Waals surface area contributed by atoms with Crippen LogP contribution < -0.4 is 5.32 Å². The van der Waals surface area contributed by atoms with Crippen molar-refractivity contribution in [3.63, 3.8) is 0 Å². The van der Waals surface area contributed by atoms with Gasteiger partial charge in [0.2, 0.25) is 5.91 Å². The Labute approximate surface area is 103 Å². The summed E-state index contributed by atoms with van der Waals surface area (Å²) >= 11 is 0. The highest BCUT2D eigenvalue weighted by molar-refractivity contribution is 5.81. The lowest BCUT2D eigenvalue weighted by molar-refractivity contribution is -0.131. The largest absolute Gasteiger partial charge is 0.344 e. The fourth-order valence-corrected chi connectivity index (χ4v) is 2.21. The molecule has 0 saturated carbocycles. The first kappa shape index (κ1) is 12.1. The van der Waals surface area contributed by atoms with E-state index in [4.69, 9.17) is 0 Å². The van der Waals surface area contributed by atoms with Gasteiger partial charge in [0.1, 0.15) is 0 Å². The van der Waals surface area contributed by atoms with E-state index in [2.05, 4.69) is 17.4 Å². The molecule has 0 spiro atoms. The van der Waals surface area contributed by atoms with Crippen LogP contribution in [0.4, 0.5) is 0 Å². The van der Waals surface area contributed by atoms with Crippen molar-refractivity contribution in [2.45, 2.75) is 25.3 Å². The highest BCUT2D eigenvalue weighted by atomic mass is 16.2. The minimum absolute atomic E-state index is 0.0516. The van der Waals surface area contributed by atoms with E-state index in [-0.39, 0.29) is 11.9 Å². The number of nitrogens with zero attached hydrogens (tertiary/aromatic N) is 1. The van der Waals surface area contributed by atoms with Gasteiger partial charge in [-0.1, -0.05) is 30.3 Å². The zero-order valence-corrected chi connectivity index (χ0v) is 10.4. The van der Waals surface area contributed by atoms with Crippen molar-refractivity contribution in [1.82, 2.24) is 10.2 Å². The Morgan fingerprint density at radius 2 is 2.18 bits per heavy atom. The van der Waals surface area contributed by atoms with Crippen LogP contribution in [0.25, 0.3) is 0 Å². The number of hydrogen-bond acceptors (Lipinski definition) is 2. The Bertz CT molecular complexity index is 358. The first-order valence-electron chi connectivity index (χ1n) is 6.29. The number of hydrogen-bond donors (Lipinski definition) is 1. The van der Waals surface area contributed by atoms with Gasteiger partial charge in [0, 0.05) is 13.6 Å². The first-order valence-corrected chi connectivity index (χ1v) is 6.29. The summed E-state index contributed by atoms with van der Waals surface area (Å²) in [4.78, 5) is 13.9. The summed E-state index contributed by atoms with van der Waals surface area (Å²) in [5.74, 6) is 0.235. The second-order valence-corrected chi connectivity index (χ2v) is 4.64. The highest BCUT2D eigenvalue weighted by Crippen LogP contribution is 2.08. The van der Waals surface area contributed by atoms with Crippen molar-refractivity contribution in [2.75, 3.05) is 20.1 Å². The van der Waals surface area contributed by atoms with Crippen LogP contribution in [-0.2, 0) is 11.2 Å². The van der Waals surface area contributed by atoms with E-state index in [0.29, 0.717) is 0 Å². The van der Waals surface area contributed by atoms with Crippen LogP contribution in [0.15, 0.2) is 30.3 Å². The summed E-state index contributed by atoms with van der Waals surface area (Å²) in [7, 11) is 1.89. The number of nitrogens with one attached hydrogen (secondary N) is 1. The molecular formula is C14H20N2O. The van der Waals surface area contributed by atoms with Crippen LogP contribution in [0.2, 0.25) is 0 Å². The molecule has 0 aromatic heterocycles. The molecule has 0 bridgehead atoms. The smallest absolute Gasteiger partial charge is 0.239 e. The minimum Gasteiger partial charge on any atom is -0.344 e. The van der Waals surface area contributed by atoms with Gasteiger partial charge in [-0.25, -0.2) is 0 Å². The van der Waals surface area contributed by atoms with Crippen molar-refractivity contribution in [2.24, 2.45) is 0 Å². The molecule has 0 unspecified atom stereocenters. The number of benzene rings is 1. The third kappa shape index (κ3) is 3.30. The second kappa shape index (κ2) is 5.82. The quantitative estimate of drug-likeness (QED) is 0.852. The lowest BCUT2D eigenvalue weighted by Gasteiger charge is -2.21. The van der Waals surface area contributed by atoms with Crippen molar-refractivity contribution in [1.29, 1.82) is 0 Å². The molecule has 92 valence electrons. The lowest BCUT2D eigenvalue weighted by Crippen LogP contribution is -2.42. The van der Waals surface area contributed by atoms with Crippen molar-refractivity contribution in [3.05, 3.63) is 35.9 Å². The van der Waals surface area contributed by atoms with Crippen LogP contribution in [-0.4, -0.2) is 37.0 Å². The maximum Gasteiger partial charge on any atom is 0.239 e. The monoisotopic (exact) mass is 232 g/mol. The highest BCUT2D eigenvalue weighted by Gasteiger charge is 2.24. The van der Waals surface area contributed by atoms with Gasteiger partial charge >= 0.3 is 0 Å². The Morgan fingerprint density at radius 3 is 2.82 bits per heavy atom. The molecule has 0 aliphatic carbocycles. The first-order chi connectivity index (χ1) is 8.27. The minimum atomic E-state index is 0.0516. The van der Waals surface area contributed by atoms with E-state index < -0.39 is 0 Å². The average Bonchev–Trinajstić information content (AvgIpc) is 2.90. The van der Waals surface area contributed by atoms with Crippen molar-refractivity contribution in [3.8, 4) is 0 Å². The number of likely N-dealkylation sites (N-methyl/N-ethyl adjacent to an activating group) is 1. The SMILES string of the molecule is CN(CCc1ccccc1)C(=O)[C@@H]1CCCN1. The Morgan fingerprint density at radius 1 is 1.41 bits per heavy atom. The predicted octanol–water partition coefficient (Wildman–Crippen LogP) is 1.44. The zero-order chi connectivity index (χ0) is 12.1. The van der Waals surface area contributed by atoms with E-state index in [0.717, 1.165) is 32.4 Å². The Balaban J connectivity index is 1.80. The van der Waals surface area contributed by atoms with Crippen molar-refractivity contribution < 1.29 is 4.79 Å². The van der Waals surface area contributed by atoms with Crippen LogP contribution in [0.1, 0.15) is 18.4 Å². The van der Waals surface area contributed by atoms with E-state index in [1.54, 1.807) is 0 Å². The van der Waals surface area contributed by atoms with Crippen LogP contribution in [0, 0.1) is 0 Å². The van der Waals surface area contributed by atoms with Crippen LogP contribution >= 0.6 is 0 Å². The number of carbonyl (C=O) groups is 1. The predicted molar refractivity (Wildman–Crippen MR) is 68.8 cm³/mol. The molecule has 1 aromatic rings. The maximum absolute atomic E-state index is 12.0. The Kier molecular flexibility index (Phi) is 4.15. The maximum atomic E-state index is 12.0. The molecule has 1 aliphatic heterocycles. The normalized spacial score (nSPS) is 19.2. The van der Waals surface area contributed by atoms with Gasteiger partial charge in [-0.3, -0.25) is 4.79 Å². The van der Waals surface area contributed by atoms with Gasteiger partial charge in [0.05, 0.1) is 6.04 Å². The van der Waals surface area contributed by atoms with Crippen LogP contribution in [0.3, 0.4) is 0 Å². The summed E-state index contributed by atoms with van der Waals surface area (Å²) in [6.07, 6.45) is 3.02. The molecule has 1 atom stereocenters. The van der Waals surface area contributed by atoms with Crippen LogP contribution in [0.5, 0.6) is 0 Å². The van der Waals surface area contributed by atoms with Gasteiger partial charge in [0.15, 0.2) is 0 Å². The molecule has 17 heavy (non-hydrogen) atoms. The number of amides is 1. The summed E-state index contributed by atoms with van der Waals surface area (Å²) in [5, 5.41) is 3.24. The van der Waals surface area contributed by atoms with E-state index >= 15 is 0 Å². The lowest BCUT2D eigenvalue weighted by atomic mass is 10.1. The summed E-state index contributed by atoms with van der Waals surface area (Å²) in [5.41, 5.74) is 1.28. The number of rotatable bonds is 4. The fourth-order valence-electron chi connectivity index (χ4n) is 2.21. The van der Waals surface area contributed by atoms with Crippen molar-refractivity contribution >= 4 is 5.91 Å². The molecule has 3 heteroatoms. The summed E-state index contributed by atoms with van der Waals surface area (Å²) in [6, 6.07) is 10.3.